The van der Waals surface area contributed by atoms with Crippen LogP contribution in [0.1, 0.15) is 20.8 Å². The van der Waals surface area contributed by atoms with Crippen LogP contribution in [0.4, 0.5) is 0 Å². The van der Waals surface area contributed by atoms with Crippen LogP contribution in [0.2, 0.25) is 0 Å². The van der Waals surface area contributed by atoms with Crippen LogP contribution in [0.25, 0.3) is 0 Å². The van der Waals surface area contributed by atoms with E-state index in [4.69, 9.17) is 4.74 Å². The summed E-state index contributed by atoms with van der Waals surface area (Å²) in [7, 11) is 1.77. The van der Waals surface area contributed by atoms with Gasteiger partial charge in [-0.1, -0.05) is 39.0 Å². The van der Waals surface area contributed by atoms with Crippen molar-refractivity contribution in [2.24, 2.45) is 11.8 Å². The van der Waals surface area contributed by atoms with Gasteiger partial charge in [-0.2, -0.15) is 0 Å². The molecule has 12 heavy (non-hydrogen) atoms. The molecule has 0 aromatic carbocycles. The zero-order valence-corrected chi connectivity index (χ0v) is 8.37. The van der Waals surface area contributed by atoms with E-state index >= 15 is 0 Å². The molecule has 1 aliphatic carbocycles. The SMILES string of the molecule is COC1C=C(C(C)C)C=CC1C. The fourth-order valence-corrected chi connectivity index (χ4v) is 1.44. The highest BCUT2D eigenvalue weighted by Gasteiger charge is 2.16. The van der Waals surface area contributed by atoms with Crippen LogP contribution < -0.4 is 0 Å². The van der Waals surface area contributed by atoms with E-state index in [1.807, 2.05) is 0 Å². The van der Waals surface area contributed by atoms with Gasteiger partial charge in [0.1, 0.15) is 0 Å². The van der Waals surface area contributed by atoms with Gasteiger partial charge in [-0.25, -0.2) is 0 Å². The lowest BCUT2D eigenvalue weighted by Gasteiger charge is -2.23. The van der Waals surface area contributed by atoms with Gasteiger partial charge in [0, 0.05) is 13.0 Å². The summed E-state index contributed by atoms with van der Waals surface area (Å²) in [6.45, 7) is 6.59. The quantitative estimate of drug-likeness (QED) is 0.613. The molecule has 0 aromatic rings. The summed E-state index contributed by atoms with van der Waals surface area (Å²) in [5.74, 6) is 1.11. The number of rotatable bonds is 2. The van der Waals surface area contributed by atoms with Gasteiger partial charge < -0.3 is 4.74 Å². The predicted molar refractivity (Wildman–Crippen MR) is 52.0 cm³/mol. The highest BCUT2D eigenvalue weighted by atomic mass is 16.5. The van der Waals surface area contributed by atoms with E-state index in [-0.39, 0.29) is 6.10 Å². The van der Waals surface area contributed by atoms with E-state index in [9.17, 15) is 0 Å². The maximum atomic E-state index is 5.36. The molecule has 0 bridgehead atoms. The molecule has 68 valence electrons. The summed E-state index contributed by atoms with van der Waals surface area (Å²) in [6, 6.07) is 0. The summed E-state index contributed by atoms with van der Waals surface area (Å²) >= 11 is 0. The average molecular weight is 166 g/mol. The third-order valence-corrected chi connectivity index (χ3v) is 2.41. The number of allylic oxidation sites excluding steroid dienone is 2. The van der Waals surface area contributed by atoms with Crippen molar-refractivity contribution in [2.75, 3.05) is 7.11 Å². The van der Waals surface area contributed by atoms with Crippen LogP contribution in [0.15, 0.2) is 23.8 Å². The zero-order valence-electron chi connectivity index (χ0n) is 8.37. The molecule has 0 saturated heterocycles. The molecule has 0 radical (unpaired) electrons. The van der Waals surface area contributed by atoms with Crippen LogP contribution >= 0.6 is 0 Å². The molecule has 0 spiro atoms. The minimum absolute atomic E-state index is 0.271. The molecule has 1 heteroatoms. The minimum atomic E-state index is 0.271. The lowest BCUT2D eigenvalue weighted by atomic mass is 9.90. The van der Waals surface area contributed by atoms with Gasteiger partial charge >= 0.3 is 0 Å². The average Bonchev–Trinajstić information content (AvgIpc) is 2.05. The number of hydrogen-bond acceptors (Lipinski definition) is 1. The van der Waals surface area contributed by atoms with Gasteiger partial charge in [-0.05, 0) is 11.5 Å². The molecule has 2 atom stereocenters. The highest BCUT2D eigenvalue weighted by Crippen LogP contribution is 2.23. The van der Waals surface area contributed by atoms with Crippen molar-refractivity contribution in [1.82, 2.24) is 0 Å². The first-order chi connectivity index (χ1) is 5.65. The van der Waals surface area contributed by atoms with E-state index < -0.39 is 0 Å². The van der Waals surface area contributed by atoms with Crippen molar-refractivity contribution in [3.8, 4) is 0 Å². The van der Waals surface area contributed by atoms with Gasteiger partial charge in [-0.3, -0.25) is 0 Å². The lowest BCUT2D eigenvalue weighted by Crippen LogP contribution is -2.20. The first kappa shape index (κ1) is 9.53. The van der Waals surface area contributed by atoms with Crippen molar-refractivity contribution in [2.45, 2.75) is 26.9 Å². The Hall–Kier alpha value is -0.560. The fourth-order valence-electron chi connectivity index (χ4n) is 1.44. The minimum Gasteiger partial charge on any atom is -0.377 e. The van der Waals surface area contributed by atoms with E-state index in [1.54, 1.807) is 7.11 Å². The molecule has 0 saturated carbocycles. The summed E-state index contributed by atoms with van der Waals surface area (Å²) in [6.07, 6.45) is 6.94. The smallest absolute Gasteiger partial charge is 0.0817 e. The van der Waals surface area contributed by atoms with E-state index in [2.05, 4.69) is 39.0 Å². The second-order valence-electron chi connectivity index (χ2n) is 3.74. The Kier molecular flexibility index (Phi) is 3.10. The van der Waals surface area contributed by atoms with E-state index in [0.717, 1.165) is 0 Å². The molecule has 1 aliphatic rings. The molecule has 0 aromatic heterocycles. The van der Waals surface area contributed by atoms with Gasteiger partial charge in [0.05, 0.1) is 6.10 Å². The monoisotopic (exact) mass is 166 g/mol. The highest BCUT2D eigenvalue weighted by molar-refractivity contribution is 5.27. The molecule has 0 heterocycles. The Labute approximate surface area is 75.1 Å². The molecule has 1 rings (SSSR count). The summed E-state index contributed by atoms with van der Waals surface area (Å²) in [5, 5.41) is 0. The van der Waals surface area contributed by atoms with Crippen LogP contribution in [-0.4, -0.2) is 13.2 Å². The fraction of sp³-hybridized carbons (Fsp3) is 0.636. The lowest BCUT2D eigenvalue weighted by molar-refractivity contribution is 0.110. The molecular weight excluding hydrogens is 148 g/mol. The topological polar surface area (TPSA) is 9.23 Å². The van der Waals surface area contributed by atoms with Gasteiger partial charge in [0.15, 0.2) is 0 Å². The largest absolute Gasteiger partial charge is 0.377 e. The van der Waals surface area contributed by atoms with Crippen molar-refractivity contribution < 1.29 is 4.74 Å². The van der Waals surface area contributed by atoms with Crippen molar-refractivity contribution in [1.29, 1.82) is 0 Å². The van der Waals surface area contributed by atoms with Crippen LogP contribution in [-0.2, 0) is 4.74 Å². The van der Waals surface area contributed by atoms with Crippen molar-refractivity contribution in [3.63, 3.8) is 0 Å². The molecule has 0 amide bonds. The first-order valence-electron chi connectivity index (χ1n) is 4.58. The summed E-state index contributed by atoms with van der Waals surface area (Å²) in [5.41, 5.74) is 1.39. The Morgan fingerprint density at radius 2 is 2.08 bits per heavy atom. The third-order valence-electron chi connectivity index (χ3n) is 2.41. The van der Waals surface area contributed by atoms with Gasteiger partial charge in [-0.15, -0.1) is 0 Å². The van der Waals surface area contributed by atoms with Crippen LogP contribution in [0.5, 0.6) is 0 Å². The van der Waals surface area contributed by atoms with Crippen molar-refractivity contribution in [3.05, 3.63) is 23.8 Å². The number of ether oxygens (including phenoxy) is 1. The van der Waals surface area contributed by atoms with Crippen LogP contribution in [0.3, 0.4) is 0 Å². The molecule has 1 nitrogen and oxygen atoms in total. The molecular formula is C11H18O. The third kappa shape index (κ3) is 1.98. The Morgan fingerprint density at radius 1 is 1.42 bits per heavy atom. The standard InChI is InChI=1S/C11H18O/c1-8(2)10-6-5-9(3)11(7-10)12-4/h5-9,11H,1-4H3. The van der Waals surface area contributed by atoms with E-state index in [1.165, 1.54) is 5.57 Å². The number of hydrogen-bond donors (Lipinski definition) is 0. The summed E-state index contributed by atoms with van der Waals surface area (Å²) < 4.78 is 5.36. The second kappa shape index (κ2) is 3.90. The first-order valence-corrected chi connectivity index (χ1v) is 4.58. The van der Waals surface area contributed by atoms with E-state index in [0.29, 0.717) is 11.8 Å². The molecule has 0 aliphatic heterocycles. The maximum absolute atomic E-state index is 5.36. The molecule has 2 unspecified atom stereocenters. The second-order valence-corrected chi connectivity index (χ2v) is 3.74. The molecule has 0 fully saturated rings. The number of methoxy groups -OCH3 is 1. The zero-order chi connectivity index (χ0) is 9.14. The Bertz CT molecular complexity index is 201. The normalized spacial score (nSPS) is 29.2. The van der Waals surface area contributed by atoms with Gasteiger partial charge in [0.2, 0.25) is 0 Å². The van der Waals surface area contributed by atoms with Crippen molar-refractivity contribution >= 4 is 0 Å². The predicted octanol–water partition coefficient (Wildman–Crippen LogP) is 2.79. The van der Waals surface area contributed by atoms with Gasteiger partial charge in [0.25, 0.3) is 0 Å². The maximum Gasteiger partial charge on any atom is 0.0817 e. The van der Waals surface area contributed by atoms with Crippen LogP contribution in [0, 0.1) is 11.8 Å². The Balaban J connectivity index is 2.73. The molecule has 0 N–H and O–H groups in total. The summed E-state index contributed by atoms with van der Waals surface area (Å²) in [4.78, 5) is 0. The Morgan fingerprint density at radius 3 is 2.58 bits per heavy atom.